The van der Waals surface area contributed by atoms with Crippen molar-refractivity contribution in [1.29, 1.82) is 0 Å². The summed E-state index contributed by atoms with van der Waals surface area (Å²) in [7, 11) is 0. The van der Waals surface area contributed by atoms with Crippen LogP contribution in [-0.4, -0.2) is 32.7 Å². The molecule has 0 amide bonds. The summed E-state index contributed by atoms with van der Waals surface area (Å²) in [5.41, 5.74) is -0.0831. The number of aromatic nitrogens is 3. The molecule has 0 bridgehead atoms. The van der Waals surface area contributed by atoms with Gasteiger partial charge in [0.05, 0.1) is 17.2 Å². The van der Waals surface area contributed by atoms with Gasteiger partial charge >= 0.3 is 12.1 Å². The Morgan fingerprint density at radius 3 is 2.38 bits per heavy atom. The maximum Gasteiger partial charge on any atom is 0.425 e. The van der Waals surface area contributed by atoms with Gasteiger partial charge in [0.15, 0.2) is 12.2 Å². The van der Waals surface area contributed by atoms with Crippen molar-refractivity contribution in [2.75, 3.05) is 6.61 Å². The van der Waals surface area contributed by atoms with Gasteiger partial charge in [0.1, 0.15) is 17.1 Å². The molecule has 2 aromatic heterocycles. The highest BCUT2D eigenvalue weighted by Crippen LogP contribution is 2.42. The molecule has 4 rings (SSSR count). The maximum atomic E-state index is 14.0. The summed E-state index contributed by atoms with van der Waals surface area (Å²) >= 11 is 0. The summed E-state index contributed by atoms with van der Waals surface area (Å²) in [5.74, 6) is -2.34. The van der Waals surface area contributed by atoms with E-state index in [1.807, 2.05) is 31.2 Å². The minimum atomic E-state index is -4.92. The number of nitrogens with zero attached hydrogens (tertiary/aromatic N) is 3. The summed E-state index contributed by atoms with van der Waals surface area (Å²) in [6.45, 7) is 6.54. The third-order valence-electron chi connectivity index (χ3n) is 5.44. The summed E-state index contributed by atoms with van der Waals surface area (Å²) in [5, 5.41) is 0.160. The zero-order chi connectivity index (χ0) is 28.4. The van der Waals surface area contributed by atoms with Crippen LogP contribution in [0.3, 0.4) is 0 Å². The van der Waals surface area contributed by atoms with Crippen molar-refractivity contribution < 1.29 is 32.2 Å². The SMILES string of the molecule is Cc1ccc(Cn2cnc(=O)c3cc(Oc4nccc(OCC(=O)OC(C)(C)C)c4C(F)(F)F)ccc32)cc1. The van der Waals surface area contributed by atoms with Gasteiger partial charge in [-0.2, -0.15) is 18.2 Å². The number of hydrogen-bond acceptors (Lipinski definition) is 7. The fourth-order valence-electron chi connectivity index (χ4n) is 3.77. The van der Waals surface area contributed by atoms with Gasteiger partial charge in [-0.25, -0.2) is 9.78 Å². The van der Waals surface area contributed by atoms with E-state index in [0.717, 1.165) is 23.4 Å². The number of fused-ring (bicyclic) bond motifs is 1. The first-order chi connectivity index (χ1) is 18.3. The molecular formula is C28H26F3N3O5. The van der Waals surface area contributed by atoms with Gasteiger partial charge in [0.2, 0.25) is 5.88 Å². The second kappa shape index (κ2) is 10.8. The van der Waals surface area contributed by atoms with E-state index in [0.29, 0.717) is 12.1 Å². The highest BCUT2D eigenvalue weighted by atomic mass is 19.4. The van der Waals surface area contributed by atoms with E-state index in [1.54, 1.807) is 31.4 Å². The van der Waals surface area contributed by atoms with Gasteiger partial charge in [0, 0.05) is 12.7 Å². The topological polar surface area (TPSA) is 92.5 Å². The smallest absolute Gasteiger partial charge is 0.425 e. The van der Waals surface area contributed by atoms with Crippen LogP contribution in [0.4, 0.5) is 13.2 Å². The molecule has 0 aliphatic heterocycles. The molecule has 0 aliphatic carbocycles. The number of alkyl halides is 3. The zero-order valence-corrected chi connectivity index (χ0v) is 21.7. The van der Waals surface area contributed by atoms with Crippen molar-refractivity contribution >= 4 is 16.9 Å². The molecule has 0 fully saturated rings. The quantitative estimate of drug-likeness (QED) is 0.278. The fourth-order valence-corrected chi connectivity index (χ4v) is 3.77. The van der Waals surface area contributed by atoms with Crippen molar-refractivity contribution in [2.24, 2.45) is 0 Å². The van der Waals surface area contributed by atoms with Crippen LogP contribution in [0.5, 0.6) is 17.4 Å². The molecule has 0 aliphatic rings. The lowest BCUT2D eigenvalue weighted by atomic mass is 10.1. The molecule has 0 saturated carbocycles. The molecule has 39 heavy (non-hydrogen) atoms. The van der Waals surface area contributed by atoms with Crippen LogP contribution < -0.4 is 15.0 Å². The Labute approximate surface area is 222 Å². The molecule has 2 heterocycles. The number of aryl methyl sites for hydroxylation is 1. The van der Waals surface area contributed by atoms with E-state index in [2.05, 4.69) is 9.97 Å². The number of carbonyl (C=O) groups is 1. The monoisotopic (exact) mass is 541 g/mol. The van der Waals surface area contributed by atoms with E-state index in [4.69, 9.17) is 14.2 Å². The molecule has 0 atom stereocenters. The predicted octanol–water partition coefficient (Wildman–Crippen LogP) is 5.68. The van der Waals surface area contributed by atoms with Crippen LogP contribution in [0.25, 0.3) is 10.9 Å². The van der Waals surface area contributed by atoms with E-state index >= 15 is 0 Å². The van der Waals surface area contributed by atoms with Gasteiger partial charge in [0.25, 0.3) is 5.56 Å². The number of ether oxygens (including phenoxy) is 3. The predicted molar refractivity (Wildman–Crippen MR) is 137 cm³/mol. The number of hydrogen-bond donors (Lipinski definition) is 0. The van der Waals surface area contributed by atoms with E-state index in [-0.39, 0.29) is 11.1 Å². The molecule has 0 spiro atoms. The van der Waals surface area contributed by atoms with Crippen LogP contribution in [0.2, 0.25) is 0 Å². The first-order valence-electron chi connectivity index (χ1n) is 11.9. The average Bonchev–Trinajstić information content (AvgIpc) is 2.84. The van der Waals surface area contributed by atoms with Crippen LogP contribution >= 0.6 is 0 Å². The Bertz CT molecular complexity index is 1560. The maximum absolute atomic E-state index is 14.0. The van der Waals surface area contributed by atoms with Gasteiger partial charge in [-0.15, -0.1) is 0 Å². The van der Waals surface area contributed by atoms with Gasteiger partial charge in [-0.3, -0.25) is 4.79 Å². The third-order valence-corrected chi connectivity index (χ3v) is 5.44. The number of carbonyl (C=O) groups excluding carboxylic acids is 1. The number of esters is 1. The molecule has 2 aromatic carbocycles. The molecule has 0 radical (unpaired) electrons. The lowest BCUT2D eigenvalue weighted by Crippen LogP contribution is -2.27. The molecular weight excluding hydrogens is 515 g/mol. The Kier molecular flexibility index (Phi) is 7.62. The summed E-state index contributed by atoms with van der Waals surface area (Å²) in [6.07, 6.45) is -2.45. The molecule has 0 saturated heterocycles. The first-order valence-corrected chi connectivity index (χ1v) is 11.9. The minimum absolute atomic E-state index is 0.0585. The standard InChI is InChI=1S/C28H26F3N3O5/c1-17-5-7-18(8-6-17)14-34-16-33-25(36)20-13-19(9-10-21(20)34)38-26-24(28(29,30)31)22(11-12-32-26)37-15-23(35)39-27(2,3)4/h5-13,16H,14-15H2,1-4H3. The Morgan fingerprint density at radius 1 is 1.00 bits per heavy atom. The Hall–Kier alpha value is -4.41. The number of halogens is 3. The highest BCUT2D eigenvalue weighted by molar-refractivity contribution is 5.79. The Balaban J connectivity index is 1.64. The van der Waals surface area contributed by atoms with Crippen LogP contribution in [0.15, 0.2) is 65.8 Å². The first kappa shape index (κ1) is 27.6. The number of benzene rings is 2. The molecule has 0 unspecified atom stereocenters. The van der Waals surface area contributed by atoms with E-state index in [1.165, 1.54) is 18.5 Å². The zero-order valence-electron chi connectivity index (χ0n) is 21.7. The van der Waals surface area contributed by atoms with E-state index in [9.17, 15) is 22.8 Å². The molecule has 4 aromatic rings. The van der Waals surface area contributed by atoms with Crippen molar-refractivity contribution in [2.45, 2.75) is 46.0 Å². The van der Waals surface area contributed by atoms with Crippen LogP contribution in [0, 0.1) is 6.92 Å². The average molecular weight is 542 g/mol. The summed E-state index contributed by atoms with van der Waals surface area (Å²) in [4.78, 5) is 32.1. The lowest BCUT2D eigenvalue weighted by Gasteiger charge is -2.20. The molecule has 0 N–H and O–H groups in total. The van der Waals surface area contributed by atoms with Gasteiger partial charge < -0.3 is 18.8 Å². The molecule has 204 valence electrons. The largest absolute Gasteiger partial charge is 0.481 e. The van der Waals surface area contributed by atoms with Crippen molar-refractivity contribution in [1.82, 2.24) is 14.5 Å². The number of pyridine rings is 1. The summed E-state index contributed by atoms with van der Waals surface area (Å²) in [6, 6.07) is 13.1. The normalized spacial score (nSPS) is 11.9. The second-order valence-corrected chi connectivity index (χ2v) is 9.81. The molecule has 11 heteroatoms. The van der Waals surface area contributed by atoms with E-state index < -0.39 is 47.1 Å². The lowest BCUT2D eigenvalue weighted by molar-refractivity contribution is -0.158. The Morgan fingerprint density at radius 2 is 1.72 bits per heavy atom. The number of rotatable bonds is 7. The van der Waals surface area contributed by atoms with Gasteiger partial charge in [-0.05, 0) is 57.5 Å². The third kappa shape index (κ3) is 6.92. The van der Waals surface area contributed by atoms with Crippen molar-refractivity contribution in [3.63, 3.8) is 0 Å². The molecule has 8 nitrogen and oxygen atoms in total. The highest BCUT2D eigenvalue weighted by Gasteiger charge is 2.40. The fraction of sp³-hybridized carbons (Fsp3) is 0.286. The second-order valence-electron chi connectivity index (χ2n) is 9.81. The van der Waals surface area contributed by atoms with Crippen LogP contribution in [0.1, 0.15) is 37.5 Å². The van der Waals surface area contributed by atoms with Gasteiger partial charge in [-0.1, -0.05) is 29.8 Å². The minimum Gasteiger partial charge on any atom is -0.481 e. The summed E-state index contributed by atoms with van der Waals surface area (Å²) < 4.78 is 59.6. The van der Waals surface area contributed by atoms with Crippen molar-refractivity contribution in [3.8, 4) is 17.4 Å². The van der Waals surface area contributed by atoms with Crippen LogP contribution in [-0.2, 0) is 22.3 Å². The van der Waals surface area contributed by atoms with Crippen molar-refractivity contribution in [3.05, 3.63) is 88.1 Å².